The van der Waals surface area contributed by atoms with E-state index in [4.69, 9.17) is 0 Å². The zero-order chi connectivity index (χ0) is 27.1. The van der Waals surface area contributed by atoms with Crippen molar-refractivity contribution in [2.75, 3.05) is 49.7 Å². The van der Waals surface area contributed by atoms with Crippen LogP contribution < -0.4 is 10.2 Å². The highest BCUT2D eigenvalue weighted by Crippen LogP contribution is 2.36. The molecule has 1 aromatic carbocycles. The van der Waals surface area contributed by atoms with Crippen molar-refractivity contribution in [2.24, 2.45) is 0 Å². The molecule has 0 bridgehead atoms. The molecule has 0 radical (unpaired) electrons. The van der Waals surface area contributed by atoms with Gasteiger partial charge in [0.15, 0.2) is 11.6 Å². The first kappa shape index (κ1) is 26.3. The summed E-state index contributed by atoms with van der Waals surface area (Å²) in [5, 5.41) is 13.7. The highest BCUT2D eigenvalue weighted by molar-refractivity contribution is 7.89. The second kappa shape index (κ2) is 10.1. The van der Waals surface area contributed by atoms with E-state index in [1.165, 1.54) is 15.4 Å². The number of pyridine rings is 1. The molecular weight excluding hydrogens is 502 g/mol. The summed E-state index contributed by atoms with van der Waals surface area (Å²) in [6.45, 7) is 7.64. The first-order chi connectivity index (χ1) is 18.0. The lowest BCUT2D eigenvalue weighted by atomic mass is 9.78. The predicted octanol–water partition coefficient (Wildman–Crippen LogP) is 2.87. The highest BCUT2D eigenvalue weighted by Gasteiger charge is 2.32. The Morgan fingerprint density at radius 2 is 1.95 bits per heavy atom. The van der Waals surface area contributed by atoms with Crippen molar-refractivity contribution in [3.05, 3.63) is 65.2 Å². The Balaban J connectivity index is 1.34. The Kier molecular flexibility index (Phi) is 7.01. The van der Waals surface area contributed by atoms with E-state index in [0.29, 0.717) is 32.0 Å². The highest BCUT2D eigenvalue weighted by atomic mass is 32.2. The first-order valence-electron chi connectivity index (χ1n) is 12.8. The molecule has 0 saturated heterocycles. The number of fused-ring (bicyclic) bond motifs is 2. The molecular formula is C27H35N7O3S. The number of nitrogens with one attached hydrogen (secondary N) is 1. The number of rotatable bonds is 7. The van der Waals surface area contributed by atoms with Crippen LogP contribution in [0.1, 0.15) is 36.2 Å². The molecule has 38 heavy (non-hydrogen) atoms. The summed E-state index contributed by atoms with van der Waals surface area (Å²) in [4.78, 5) is 17.6. The fraction of sp³-hybridized carbons (Fsp3) is 0.444. The van der Waals surface area contributed by atoms with Gasteiger partial charge in [-0.2, -0.15) is 0 Å². The summed E-state index contributed by atoms with van der Waals surface area (Å²) < 4.78 is 26.0. The summed E-state index contributed by atoms with van der Waals surface area (Å²) in [7, 11) is -0.0944. The molecule has 3 aromatic rings. The largest absolute Gasteiger partial charge is 0.504 e. The number of hydrogen-bond donors (Lipinski definition) is 2. The minimum atomic E-state index is -3.25. The van der Waals surface area contributed by atoms with E-state index < -0.39 is 10.0 Å². The van der Waals surface area contributed by atoms with Gasteiger partial charge >= 0.3 is 0 Å². The van der Waals surface area contributed by atoms with E-state index in [0.717, 1.165) is 35.7 Å². The van der Waals surface area contributed by atoms with Gasteiger partial charge < -0.3 is 15.3 Å². The summed E-state index contributed by atoms with van der Waals surface area (Å²) >= 11 is 0. The number of sulfonamides is 1. The smallest absolute Gasteiger partial charge is 0.214 e. The molecule has 0 spiro atoms. The molecule has 5 rings (SSSR count). The third-order valence-corrected chi connectivity index (χ3v) is 9.22. The van der Waals surface area contributed by atoms with Gasteiger partial charge in [0.2, 0.25) is 10.0 Å². The lowest BCUT2D eigenvalue weighted by molar-refractivity contribution is 0.204. The minimum Gasteiger partial charge on any atom is -0.504 e. The van der Waals surface area contributed by atoms with Gasteiger partial charge in [-0.15, -0.1) is 0 Å². The van der Waals surface area contributed by atoms with E-state index in [2.05, 4.69) is 57.2 Å². The number of aromatic nitrogens is 3. The van der Waals surface area contributed by atoms with E-state index in [-0.39, 0.29) is 16.9 Å². The van der Waals surface area contributed by atoms with E-state index in [1.54, 1.807) is 38.8 Å². The van der Waals surface area contributed by atoms with Gasteiger partial charge in [-0.05, 0) is 41.8 Å². The van der Waals surface area contributed by atoms with Crippen LogP contribution >= 0.6 is 0 Å². The zero-order valence-electron chi connectivity index (χ0n) is 22.3. The SMILES string of the molecule is CN(C)S(=O)(=O)CCN1Cc2cc(Nc3ncnc4c3CCN(c3ncccc3O)C4)ccc2C(C)(C)C1. The van der Waals surface area contributed by atoms with E-state index >= 15 is 0 Å². The standard InChI is InChI=1S/C27H35N7O3S/c1-27(2)17-33(12-13-38(36,37)32(3)4)15-19-14-20(7-8-22(19)27)31-25-21-9-11-34(16-23(21)29-18-30-25)26-24(35)6-5-10-28-26/h5-8,10,14,18,35H,9,11-13,15-17H2,1-4H3,(H,29,30,31). The molecule has 2 aliphatic heterocycles. The van der Waals surface area contributed by atoms with Crippen LogP contribution in [0.4, 0.5) is 17.3 Å². The van der Waals surface area contributed by atoms with Crippen LogP contribution in [-0.2, 0) is 34.9 Å². The molecule has 0 saturated carbocycles. The van der Waals surface area contributed by atoms with Crippen LogP contribution in [-0.4, -0.2) is 77.2 Å². The van der Waals surface area contributed by atoms with Crippen molar-refractivity contribution in [1.82, 2.24) is 24.2 Å². The zero-order valence-corrected chi connectivity index (χ0v) is 23.2. The van der Waals surface area contributed by atoms with Gasteiger partial charge in [0.05, 0.1) is 18.0 Å². The Hall–Kier alpha value is -3.28. The van der Waals surface area contributed by atoms with Gasteiger partial charge in [0, 0.05) is 63.1 Å². The molecule has 10 nitrogen and oxygen atoms in total. The average Bonchev–Trinajstić information content (AvgIpc) is 2.87. The molecule has 202 valence electrons. The maximum atomic E-state index is 12.3. The van der Waals surface area contributed by atoms with Crippen molar-refractivity contribution in [1.29, 1.82) is 0 Å². The minimum absolute atomic E-state index is 0.0947. The molecule has 2 aliphatic rings. The topological polar surface area (TPSA) is 115 Å². The monoisotopic (exact) mass is 537 g/mol. The molecule has 0 unspecified atom stereocenters. The van der Waals surface area contributed by atoms with E-state index in [9.17, 15) is 13.5 Å². The van der Waals surface area contributed by atoms with Crippen LogP contribution in [0.5, 0.6) is 5.75 Å². The van der Waals surface area contributed by atoms with Gasteiger partial charge in [-0.25, -0.2) is 27.7 Å². The third-order valence-electron chi connectivity index (χ3n) is 7.40. The predicted molar refractivity (Wildman–Crippen MR) is 148 cm³/mol. The van der Waals surface area contributed by atoms with Crippen molar-refractivity contribution in [3.63, 3.8) is 0 Å². The molecule has 11 heteroatoms. The fourth-order valence-corrected chi connectivity index (χ4v) is 6.25. The number of hydrogen-bond acceptors (Lipinski definition) is 9. The summed E-state index contributed by atoms with van der Waals surface area (Å²) in [5.74, 6) is 1.60. The second-order valence-corrected chi connectivity index (χ2v) is 13.2. The Morgan fingerprint density at radius 3 is 2.71 bits per heavy atom. The van der Waals surface area contributed by atoms with Gasteiger partial charge in [0.1, 0.15) is 12.1 Å². The lowest BCUT2D eigenvalue weighted by Crippen LogP contribution is -2.44. The number of anilines is 3. The molecule has 4 heterocycles. The quantitative estimate of drug-likeness (QED) is 0.469. The van der Waals surface area contributed by atoms with Gasteiger partial charge in [0.25, 0.3) is 0 Å². The van der Waals surface area contributed by atoms with Gasteiger partial charge in [-0.3, -0.25) is 4.90 Å². The number of aromatic hydroxyl groups is 1. The van der Waals surface area contributed by atoms with Crippen LogP contribution in [0.3, 0.4) is 0 Å². The summed E-state index contributed by atoms with van der Waals surface area (Å²) in [5.41, 5.74) is 5.29. The summed E-state index contributed by atoms with van der Waals surface area (Å²) in [6.07, 6.45) is 3.97. The normalized spacial score (nSPS) is 17.2. The van der Waals surface area contributed by atoms with Crippen molar-refractivity contribution < 1.29 is 13.5 Å². The molecule has 0 atom stereocenters. The van der Waals surface area contributed by atoms with E-state index in [1.807, 2.05) is 4.90 Å². The molecule has 2 aromatic heterocycles. The molecule has 0 amide bonds. The summed E-state index contributed by atoms with van der Waals surface area (Å²) in [6, 6.07) is 9.77. The number of benzene rings is 1. The molecule has 0 fully saturated rings. The van der Waals surface area contributed by atoms with Gasteiger partial charge in [-0.1, -0.05) is 19.9 Å². The van der Waals surface area contributed by atoms with Crippen molar-refractivity contribution in [2.45, 2.75) is 38.8 Å². The lowest BCUT2D eigenvalue weighted by Gasteiger charge is -2.40. The van der Waals surface area contributed by atoms with Crippen molar-refractivity contribution >= 4 is 27.3 Å². The molecule has 2 N–H and O–H groups in total. The number of nitrogens with zero attached hydrogens (tertiary/aromatic N) is 6. The maximum Gasteiger partial charge on any atom is 0.214 e. The molecule has 0 aliphatic carbocycles. The first-order valence-corrected chi connectivity index (χ1v) is 14.4. The average molecular weight is 538 g/mol. The fourth-order valence-electron chi connectivity index (χ4n) is 5.40. The Morgan fingerprint density at radius 1 is 1.13 bits per heavy atom. The van der Waals surface area contributed by atoms with Crippen LogP contribution in [0.2, 0.25) is 0 Å². The van der Waals surface area contributed by atoms with Crippen molar-refractivity contribution in [3.8, 4) is 5.75 Å². The van der Waals surface area contributed by atoms with Crippen LogP contribution in [0.15, 0.2) is 42.9 Å². The third kappa shape index (κ3) is 5.31. The second-order valence-electron chi connectivity index (χ2n) is 10.9. The van der Waals surface area contributed by atoms with Crippen LogP contribution in [0.25, 0.3) is 0 Å². The Bertz CT molecular complexity index is 1440. The van der Waals surface area contributed by atoms with Crippen LogP contribution in [0, 0.1) is 0 Å². The Labute approximate surface area is 224 Å². The maximum absolute atomic E-state index is 12.3.